The average Bonchev–Trinajstić information content (AvgIpc) is 2.85. The molecule has 0 unspecified atom stereocenters. The van der Waals surface area contributed by atoms with Crippen molar-refractivity contribution < 1.29 is 4.79 Å². The minimum absolute atomic E-state index is 0.411. The number of benzene rings is 1. The molecule has 1 aromatic carbocycles. The fourth-order valence-electron chi connectivity index (χ4n) is 1.58. The van der Waals surface area contributed by atoms with Crippen LogP contribution in [0.5, 0.6) is 0 Å². The Morgan fingerprint density at radius 3 is 3.00 bits per heavy atom. The smallest absolute Gasteiger partial charge is 0.248 e. The van der Waals surface area contributed by atoms with Crippen LogP contribution in [0, 0.1) is 0 Å². The molecule has 5 nitrogen and oxygen atoms in total. The number of aromatic nitrogens is 2. The van der Waals surface area contributed by atoms with Crippen molar-refractivity contribution in [2.45, 2.75) is 6.54 Å². The summed E-state index contributed by atoms with van der Waals surface area (Å²) in [5, 5.41) is 7.73. The second-order valence-corrected chi connectivity index (χ2v) is 4.33. The molecule has 0 aliphatic rings. The normalized spacial score (nSPS) is 10.2. The van der Waals surface area contributed by atoms with E-state index in [1.165, 1.54) is 0 Å². The molecular weight excluding hydrogens is 264 g/mol. The summed E-state index contributed by atoms with van der Waals surface area (Å²) >= 11 is 6.05. The summed E-state index contributed by atoms with van der Waals surface area (Å²) in [6.45, 7) is 4.15. The standard InChI is InChI=1S/C13H13ClN4O/c1-2-18-8-9(7-17-18)6-16-12-5-10(13(15)19)3-4-11(12)14/h2-5,7-8,16H,1,6H2,(H2,15,19). The number of carbonyl (C=O) groups excluding carboxylic acids is 1. The lowest BCUT2D eigenvalue weighted by Gasteiger charge is -2.08. The van der Waals surface area contributed by atoms with Crippen molar-refractivity contribution in [1.29, 1.82) is 0 Å². The molecule has 0 spiro atoms. The first kappa shape index (κ1) is 13.2. The first-order valence-electron chi connectivity index (χ1n) is 5.59. The van der Waals surface area contributed by atoms with Gasteiger partial charge in [-0.2, -0.15) is 5.10 Å². The van der Waals surface area contributed by atoms with Gasteiger partial charge in [0.2, 0.25) is 5.91 Å². The highest BCUT2D eigenvalue weighted by Crippen LogP contribution is 2.23. The van der Waals surface area contributed by atoms with Gasteiger partial charge in [-0.15, -0.1) is 0 Å². The number of rotatable bonds is 5. The Bertz CT molecular complexity index is 621. The van der Waals surface area contributed by atoms with Crippen LogP contribution in [0.3, 0.4) is 0 Å². The van der Waals surface area contributed by atoms with Crippen LogP contribution in [0.25, 0.3) is 6.20 Å². The van der Waals surface area contributed by atoms with Gasteiger partial charge < -0.3 is 11.1 Å². The van der Waals surface area contributed by atoms with Gasteiger partial charge in [-0.1, -0.05) is 18.2 Å². The number of anilines is 1. The van der Waals surface area contributed by atoms with Crippen LogP contribution < -0.4 is 11.1 Å². The lowest BCUT2D eigenvalue weighted by molar-refractivity contribution is 0.100. The Labute approximate surface area is 115 Å². The Balaban J connectivity index is 2.12. The van der Waals surface area contributed by atoms with Gasteiger partial charge in [0.1, 0.15) is 0 Å². The van der Waals surface area contributed by atoms with Crippen molar-refractivity contribution in [2.24, 2.45) is 5.73 Å². The molecular formula is C13H13ClN4O. The molecule has 1 heterocycles. The predicted octanol–water partition coefficient (Wildman–Crippen LogP) is 2.35. The van der Waals surface area contributed by atoms with Gasteiger partial charge >= 0.3 is 0 Å². The molecule has 0 fully saturated rings. The summed E-state index contributed by atoms with van der Waals surface area (Å²) in [6.07, 6.45) is 5.16. The van der Waals surface area contributed by atoms with Gasteiger partial charge in [0, 0.05) is 30.1 Å². The third kappa shape index (κ3) is 3.14. The van der Waals surface area contributed by atoms with Crippen molar-refractivity contribution >= 4 is 29.4 Å². The molecule has 0 bridgehead atoms. The van der Waals surface area contributed by atoms with Gasteiger partial charge in [-0.3, -0.25) is 4.79 Å². The molecule has 2 aromatic rings. The van der Waals surface area contributed by atoms with E-state index in [0.29, 0.717) is 22.8 Å². The maximum absolute atomic E-state index is 11.1. The van der Waals surface area contributed by atoms with Crippen molar-refractivity contribution in [3.8, 4) is 0 Å². The number of hydrogen-bond donors (Lipinski definition) is 2. The number of nitrogens with one attached hydrogen (secondary N) is 1. The highest BCUT2D eigenvalue weighted by atomic mass is 35.5. The zero-order chi connectivity index (χ0) is 13.8. The van der Waals surface area contributed by atoms with E-state index < -0.39 is 5.91 Å². The third-order valence-electron chi connectivity index (χ3n) is 2.58. The van der Waals surface area contributed by atoms with Crippen molar-refractivity contribution in [3.05, 3.63) is 53.3 Å². The summed E-state index contributed by atoms with van der Waals surface area (Å²) in [5.74, 6) is -0.487. The fourth-order valence-corrected chi connectivity index (χ4v) is 1.76. The van der Waals surface area contributed by atoms with E-state index in [1.807, 2.05) is 6.20 Å². The fraction of sp³-hybridized carbons (Fsp3) is 0.0769. The van der Waals surface area contributed by atoms with Gasteiger partial charge in [-0.25, -0.2) is 4.68 Å². The number of nitrogens with two attached hydrogens (primary N) is 1. The minimum atomic E-state index is -0.487. The number of hydrogen-bond acceptors (Lipinski definition) is 3. The first-order chi connectivity index (χ1) is 9.10. The van der Waals surface area contributed by atoms with Gasteiger partial charge in [0.05, 0.1) is 16.9 Å². The van der Waals surface area contributed by atoms with Crippen LogP contribution >= 0.6 is 11.6 Å². The van der Waals surface area contributed by atoms with Crippen LogP contribution in [-0.4, -0.2) is 15.7 Å². The van der Waals surface area contributed by atoms with Crippen molar-refractivity contribution in [2.75, 3.05) is 5.32 Å². The molecule has 1 aromatic heterocycles. The monoisotopic (exact) mass is 276 g/mol. The average molecular weight is 277 g/mol. The van der Waals surface area contributed by atoms with E-state index in [-0.39, 0.29) is 0 Å². The SMILES string of the molecule is C=Cn1cc(CNc2cc(C(N)=O)ccc2Cl)cn1. The summed E-state index contributed by atoms with van der Waals surface area (Å²) in [7, 11) is 0. The van der Waals surface area contributed by atoms with Crippen LogP contribution in [0.15, 0.2) is 37.2 Å². The zero-order valence-electron chi connectivity index (χ0n) is 10.1. The topological polar surface area (TPSA) is 72.9 Å². The van der Waals surface area contributed by atoms with E-state index >= 15 is 0 Å². The van der Waals surface area contributed by atoms with Crippen LogP contribution in [0.2, 0.25) is 5.02 Å². The molecule has 0 radical (unpaired) electrons. The molecule has 6 heteroatoms. The Morgan fingerprint density at radius 2 is 2.37 bits per heavy atom. The predicted molar refractivity (Wildman–Crippen MR) is 75.9 cm³/mol. The summed E-state index contributed by atoms with van der Waals surface area (Å²) in [4.78, 5) is 11.1. The van der Waals surface area contributed by atoms with E-state index in [1.54, 1.807) is 35.3 Å². The Morgan fingerprint density at radius 1 is 1.58 bits per heavy atom. The molecule has 1 amide bonds. The molecule has 19 heavy (non-hydrogen) atoms. The van der Waals surface area contributed by atoms with Gasteiger partial charge in [-0.05, 0) is 18.2 Å². The highest BCUT2D eigenvalue weighted by Gasteiger charge is 2.06. The third-order valence-corrected chi connectivity index (χ3v) is 2.91. The lowest BCUT2D eigenvalue weighted by Crippen LogP contribution is -2.11. The molecule has 0 aliphatic carbocycles. The molecule has 0 aliphatic heterocycles. The lowest BCUT2D eigenvalue weighted by atomic mass is 10.2. The summed E-state index contributed by atoms with van der Waals surface area (Å²) in [5.41, 5.74) is 7.27. The van der Waals surface area contributed by atoms with Crippen molar-refractivity contribution in [3.63, 3.8) is 0 Å². The quantitative estimate of drug-likeness (QED) is 0.880. The van der Waals surface area contributed by atoms with Gasteiger partial charge in [0.15, 0.2) is 0 Å². The molecule has 98 valence electrons. The number of amides is 1. The molecule has 0 atom stereocenters. The maximum Gasteiger partial charge on any atom is 0.248 e. The van der Waals surface area contributed by atoms with Gasteiger partial charge in [0.25, 0.3) is 0 Å². The second kappa shape index (κ2) is 5.58. The first-order valence-corrected chi connectivity index (χ1v) is 5.97. The van der Waals surface area contributed by atoms with Crippen molar-refractivity contribution in [1.82, 2.24) is 9.78 Å². The number of nitrogens with zero attached hydrogens (tertiary/aromatic N) is 2. The zero-order valence-corrected chi connectivity index (χ0v) is 10.9. The molecule has 0 saturated heterocycles. The number of primary amides is 1. The van der Waals surface area contributed by atoms with E-state index in [2.05, 4.69) is 17.0 Å². The highest BCUT2D eigenvalue weighted by molar-refractivity contribution is 6.33. The number of halogens is 1. The number of carbonyl (C=O) groups is 1. The molecule has 2 rings (SSSR count). The minimum Gasteiger partial charge on any atom is -0.380 e. The van der Waals surface area contributed by atoms with Crippen LogP contribution in [-0.2, 0) is 6.54 Å². The van der Waals surface area contributed by atoms with E-state index in [9.17, 15) is 4.79 Å². The Hall–Kier alpha value is -2.27. The second-order valence-electron chi connectivity index (χ2n) is 3.92. The summed E-state index contributed by atoms with van der Waals surface area (Å²) in [6, 6.07) is 4.85. The summed E-state index contributed by atoms with van der Waals surface area (Å²) < 4.78 is 1.61. The van der Waals surface area contributed by atoms with Crippen LogP contribution in [0.1, 0.15) is 15.9 Å². The molecule has 0 saturated carbocycles. The van der Waals surface area contributed by atoms with Crippen LogP contribution in [0.4, 0.5) is 5.69 Å². The maximum atomic E-state index is 11.1. The van der Waals surface area contributed by atoms with E-state index in [0.717, 1.165) is 5.56 Å². The van der Waals surface area contributed by atoms with E-state index in [4.69, 9.17) is 17.3 Å². The Kier molecular flexibility index (Phi) is 3.87. The largest absolute Gasteiger partial charge is 0.380 e. The molecule has 3 N–H and O–H groups in total.